The topological polar surface area (TPSA) is 183 Å². The molecule has 0 spiro atoms. The lowest BCUT2D eigenvalue weighted by atomic mass is 9.98. The van der Waals surface area contributed by atoms with E-state index in [4.69, 9.17) is 19.9 Å². The monoisotopic (exact) mass is 587 g/mol. The molecule has 4 rings (SSSR count). The number of anilines is 1. The Balaban J connectivity index is 1.41. The fourth-order valence-electron chi connectivity index (χ4n) is 4.02. The minimum atomic E-state index is -1.10. The van der Waals surface area contributed by atoms with Crippen molar-refractivity contribution >= 4 is 69.5 Å². The van der Waals surface area contributed by atoms with Gasteiger partial charge >= 0.3 is 11.9 Å². The summed E-state index contributed by atoms with van der Waals surface area (Å²) in [5.41, 5.74) is 4.59. The number of carbonyl (C=O) groups excluding carboxylic acids is 4. The van der Waals surface area contributed by atoms with Crippen LogP contribution in [0.2, 0.25) is 0 Å². The zero-order chi connectivity index (χ0) is 27.7. The molecule has 3 aliphatic heterocycles. The Hall–Kier alpha value is -2.56. The summed E-state index contributed by atoms with van der Waals surface area (Å²) in [4.78, 5) is 56.6. The molecule has 4 atom stereocenters. The van der Waals surface area contributed by atoms with Crippen LogP contribution in [0.4, 0.5) is 5.13 Å². The van der Waals surface area contributed by atoms with Gasteiger partial charge < -0.3 is 35.4 Å². The number of nitrogens with two attached hydrogens (primary N) is 1. The summed E-state index contributed by atoms with van der Waals surface area (Å²) in [6, 6.07) is -0.873. The first kappa shape index (κ1) is 28.4. The molecule has 3 fully saturated rings. The lowest BCUT2D eigenvalue weighted by Crippen LogP contribution is -2.75. The molecule has 0 aromatic carbocycles. The predicted molar refractivity (Wildman–Crippen MR) is 141 cm³/mol. The van der Waals surface area contributed by atoms with Crippen LogP contribution in [-0.2, 0) is 33.4 Å². The van der Waals surface area contributed by atoms with Gasteiger partial charge in [0.05, 0.1) is 12.0 Å². The number of rotatable bonds is 8. The van der Waals surface area contributed by atoms with E-state index in [1.807, 2.05) is 0 Å². The third kappa shape index (κ3) is 5.87. The Morgan fingerprint density at radius 1 is 1.39 bits per heavy atom. The molecule has 0 bridgehead atoms. The lowest BCUT2D eigenvalue weighted by molar-refractivity contribution is -0.175. The Morgan fingerprint density at radius 3 is 2.76 bits per heavy atom. The summed E-state index contributed by atoms with van der Waals surface area (Å²) >= 11 is 3.81. The van der Waals surface area contributed by atoms with Crippen molar-refractivity contribution in [3.63, 3.8) is 0 Å². The lowest BCUT2D eigenvalue weighted by Gasteiger charge is -2.54. The van der Waals surface area contributed by atoms with Gasteiger partial charge in [-0.2, -0.15) is 0 Å². The van der Waals surface area contributed by atoms with Crippen molar-refractivity contribution < 1.29 is 38.6 Å². The Bertz CT molecular complexity index is 1130. The predicted octanol–water partition coefficient (Wildman–Crippen LogP) is 0.654. The first-order valence-corrected chi connectivity index (χ1v) is 14.5. The molecule has 208 valence electrons. The highest BCUT2D eigenvalue weighted by atomic mass is 32.2. The molecule has 38 heavy (non-hydrogen) atoms. The summed E-state index contributed by atoms with van der Waals surface area (Å²) in [6.07, 6.45) is 0.754. The van der Waals surface area contributed by atoms with E-state index in [-0.39, 0.29) is 34.2 Å². The van der Waals surface area contributed by atoms with Crippen LogP contribution in [0, 0.1) is 5.41 Å². The zero-order valence-electron chi connectivity index (χ0n) is 21.0. The number of nitrogen functional groups attached to an aromatic ring is 1. The maximum atomic E-state index is 13.3. The normalized spacial score (nSPS) is 27.3. The van der Waals surface area contributed by atoms with Crippen molar-refractivity contribution in [2.24, 2.45) is 10.6 Å². The highest BCUT2D eigenvalue weighted by molar-refractivity contribution is 8.05. The number of esters is 2. The summed E-state index contributed by atoms with van der Waals surface area (Å²) in [5.74, 6) is -1.95. The minimum absolute atomic E-state index is 0.0394. The second kappa shape index (κ2) is 11.3. The summed E-state index contributed by atoms with van der Waals surface area (Å²) in [5, 5.41) is 16.2. The molecule has 1 aromatic rings. The van der Waals surface area contributed by atoms with Crippen LogP contribution >= 0.6 is 34.9 Å². The molecular weight excluding hydrogens is 558 g/mol. The van der Waals surface area contributed by atoms with E-state index in [0.29, 0.717) is 19.0 Å². The number of nitrogens with one attached hydrogen (secondary N) is 1. The van der Waals surface area contributed by atoms with Crippen LogP contribution < -0.4 is 11.1 Å². The molecule has 4 heterocycles. The second-order valence-electron chi connectivity index (χ2n) is 9.97. The van der Waals surface area contributed by atoms with Gasteiger partial charge in [0, 0.05) is 29.5 Å². The minimum Gasteiger partial charge on any atom is -0.427 e. The SMILES string of the molecule is CC(C)(C)C(=O)OCOC(=O)C1(SC2CCOC2)CS[C@@H]2C(NC(=O)C(=NO)c3csc(N)n3)C(=O)N2C1. The van der Waals surface area contributed by atoms with Gasteiger partial charge in [-0.3, -0.25) is 19.2 Å². The molecule has 2 amide bonds. The smallest absolute Gasteiger partial charge is 0.327 e. The average molecular weight is 588 g/mol. The van der Waals surface area contributed by atoms with Gasteiger partial charge in [-0.1, -0.05) is 5.16 Å². The standard InChI is InChI=1S/C22H29N5O8S3/c1-21(2,3)18(30)34-10-35-19(31)22(38-11-4-5-33-6-11)8-27-16(29)14(17(27)37-9-22)25-15(28)13(26-32)12-7-36-20(23)24-12/h7,11,14,17,32H,4-6,8-10H2,1-3H3,(H2,23,24)(H,25,28)/t11?,14?,17-,22?/m1/s1. The number of amides is 2. The van der Waals surface area contributed by atoms with Gasteiger partial charge in [0.2, 0.25) is 12.7 Å². The third-order valence-electron chi connectivity index (χ3n) is 6.07. The van der Waals surface area contributed by atoms with Crippen LogP contribution in [-0.4, -0.2) is 98.3 Å². The van der Waals surface area contributed by atoms with Gasteiger partial charge in [0.1, 0.15) is 21.9 Å². The molecule has 4 N–H and O–H groups in total. The molecule has 3 aliphatic rings. The Morgan fingerprint density at radius 2 is 2.16 bits per heavy atom. The Labute approximate surface area is 231 Å². The third-order valence-corrected chi connectivity index (χ3v) is 10.0. The van der Waals surface area contributed by atoms with Crippen molar-refractivity contribution in [1.29, 1.82) is 0 Å². The quantitative estimate of drug-likeness (QED) is 0.0966. The fourth-order valence-corrected chi connectivity index (χ4v) is 7.82. The number of β-lactam (4-membered cyclic amide) rings is 1. The van der Waals surface area contributed by atoms with Crippen molar-refractivity contribution in [1.82, 2.24) is 15.2 Å². The molecule has 13 nitrogen and oxygen atoms in total. The number of ether oxygens (including phenoxy) is 3. The van der Waals surface area contributed by atoms with Crippen molar-refractivity contribution in [2.75, 3.05) is 38.0 Å². The van der Waals surface area contributed by atoms with Gasteiger partial charge in [-0.05, 0) is 27.2 Å². The van der Waals surface area contributed by atoms with Crippen LogP contribution in [0.25, 0.3) is 0 Å². The number of aromatic nitrogens is 1. The molecule has 3 saturated heterocycles. The molecule has 1 aromatic heterocycles. The second-order valence-corrected chi connectivity index (χ2v) is 13.6. The maximum absolute atomic E-state index is 13.3. The van der Waals surface area contributed by atoms with E-state index in [1.54, 1.807) is 20.8 Å². The van der Waals surface area contributed by atoms with E-state index in [1.165, 1.54) is 33.8 Å². The van der Waals surface area contributed by atoms with Crippen LogP contribution in [0.3, 0.4) is 0 Å². The fraction of sp³-hybridized carbons (Fsp3) is 0.636. The summed E-state index contributed by atoms with van der Waals surface area (Å²) in [7, 11) is 0. The number of hydrogen-bond acceptors (Lipinski definition) is 14. The van der Waals surface area contributed by atoms with Crippen molar-refractivity contribution in [3.05, 3.63) is 11.1 Å². The first-order chi connectivity index (χ1) is 17.9. The van der Waals surface area contributed by atoms with Crippen LogP contribution in [0.5, 0.6) is 0 Å². The number of thiazole rings is 1. The maximum Gasteiger partial charge on any atom is 0.327 e. The number of carbonyl (C=O) groups is 4. The summed E-state index contributed by atoms with van der Waals surface area (Å²) < 4.78 is 14.8. The van der Waals surface area contributed by atoms with E-state index >= 15 is 0 Å². The van der Waals surface area contributed by atoms with E-state index < -0.39 is 46.2 Å². The van der Waals surface area contributed by atoms with Gasteiger partial charge in [0.25, 0.3) is 5.91 Å². The molecule has 0 saturated carbocycles. The number of thioether (sulfide) groups is 2. The summed E-state index contributed by atoms with van der Waals surface area (Å²) in [6.45, 7) is 5.68. The number of hydrogen-bond donors (Lipinski definition) is 3. The van der Waals surface area contributed by atoms with E-state index in [9.17, 15) is 24.4 Å². The largest absolute Gasteiger partial charge is 0.427 e. The number of fused-ring (bicyclic) bond motifs is 1. The van der Waals surface area contributed by atoms with E-state index in [0.717, 1.165) is 17.8 Å². The molecule has 16 heteroatoms. The molecular formula is C22H29N5O8S3. The van der Waals surface area contributed by atoms with Crippen LogP contribution in [0.15, 0.2) is 10.5 Å². The number of nitrogens with zero attached hydrogens (tertiary/aromatic N) is 3. The molecule has 3 unspecified atom stereocenters. The first-order valence-electron chi connectivity index (χ1n) is 11.7. The van der Waals surface area contributed by atoms with Gasteiger partial charge in [0.15, 0.2) is 10.8 Å². The van der Waals surface area contributed by atoms with Crippen molar-refractivity contribution in [3.8, 4) is 0 Å². The average Bonchev–Trinajstić information content (AvgIpc) is 3.54. The van der Waals surface area contributed by atoms with Gasteiger partial charge in [-0.15, -0.1) is 34.9 Å². The highest BCUT2D eigenvalue weighted by Crippen LogP contribution is 2.46. The molecule has 0 radical (unpaired) electrons. The van der Waals surface area contributed by atoms with Crippen molar-refractivity contribution in [2.45, 2.75) is 48.6 Å². The zero-order valence-corrected chi connectivity index (χ0v) is 23.5. The highest BCUT2D eigenvalue weighted by Gasteiger charge is 2.59. The van der Waals surface area contributed by atoms with Gasteiger partial charge in [-0.25, -0.2) is 4.98 Å². The van der Waals surface area contributed by atoms with E-state index in [2.05, 4.69) is 15.5 Å². The van der Waals surface area contributed by atoms with Crippen LogP contribution in [0.1, 0.15) is 32.9 Å². The number of oxime groups is 1. The molecule has 0 aliphatic carbocycles. The Kier molecular flexibility index (Phi) is 8.44.